The van der Waals surface area contributed by atoms with Crippen LogP contribution in [0, 0.1) is 17.2 Å². The minimum absolute atomic E-state index is 0.0173. The number of rotatable bonds is 4. The average Bonchev–Trinajstić information content (AvgIpc) is 3.03. The molecule has 1 aromatic heterocycles. The first-order chi connectivity index (χ1) is 10.5. The zero-order valence-corrected chi connectivity index (χ0v) is 13.1. The number of H-pyrrole nitrogens is 1. The second-order valence-corrected chi connectivity index (χ2v) is 5.80. The van der Waals surface area contributed by atoms with E-state index in [0.717, 1.165) is 6.42 Å². The maximum atomic E-state index is 12.3. The predicted molar refractivity (Wildman–Crippen MR) is 82.0 cm³/mol. The summed E-state index contributed by atoms with van der Waals surface area (Å²) in [5.74, 6) is -0.0354. The van der Waals surface area contributed by atoms with Gasteiger partial charge in [0.05, 0.1) is 5.56 Å². The van der Waals surface area contributed by atoms with Crippen molar-refractivity contribution in [2.24, 2.45) is 5.92 Å². The van der Waals surface area contributed by atoms with E-state index >= 15 is 0 Å². The molecule has 2 heterocycles. The molecule has 22 heavy (non-hydrogen) atoms. The maximum absolute atomic E-state index is 12.3. The lowest BCUT2D eigenvalue weighted by Crippen LogP contribution is -2.44. The zero-order chi connectivity index (χ0) is 16.1. The van der Waals surface area contributed by atoms with E-state index in [4.69, 9.17) is 5.26 Å². The third kappa shape index (κ3) is 3.67. The molecule has 2 rings (SSSR count). The molecule has 0 bridgehead atoms. The lowest BCUT2D eigenvalue weighted by Gasteiger charge is -2.31. The lowest BCUT2D eigenvalue weighted by molar-refractivity contribution is -0.126. The van der Waals surface area contributed by atoms with Crippen LogP contribution < -0.4 is 5.32 Å². The van der Waals surface area contributed by atoms with Gasteiger partial charge in [-0.05, 0) is 32.3 Å². The van der Waals surface area contributed by atoms with Gasteiger partial charge in [0.15, 0.2) is 0 Å². The van der Waals surface area contributed by atoms with Crippen LogP contribution in [0.5, 0.6) is 0 Å². The van der Waals surface area contributed by atoms with E-state index < -0.39 is 0 Å². The fourth-order valence-electron chi connectivity index (χ4n) is 2.56. The number of likely N-dealkylation sites (tertiary alicyclic amines) is 1. The summed E-state index contributed by atoms with van der Waals surface area (Å²) in [5.41, 5.74) is 0.880. The molecule has 0 aromatic carbocycles. The van der Waals surface area contributed by atoms with Gasteiger partial charge in [-0.25, -0.2) is 0 Å². The predicted octanol–water partition coefficient (Wildman–Crippen LogP) is 1.65. The number of carbonyl (C=O) groups is 2. The number of amides is 2. The second kappa shape index (κ2) is 7.12. The summed E-state index contributed by atoms with van der Waals surface area (Å²) in [6, 6.07) is 3.75. The first-order valence-corrected chi connectivity index (χ1v) is 7.73. The summed E-state index contributed by atoms with van der Waals surface area (Å²) >= 11 is 0. The number of nitrogens with one attached hydrogen (secondary N) is 2. The topological polar surface area (TPSA) is 89.0 Å². The highest BCUT2D eigenvalue weighted by molar-refractivity contribution is 5.93. The largest absolute Gasteiger partial charge is 0.356 e. The number of nitriles is 1. The molecule has 2 N–H and O–H groups in total. The normalized spacial score (nSPS) is 16.9. The van der Waals surface area contributed by atoms with E-state index in [-0.39, 0.29) is 23.8 Å². The van der Waals surface area contributed by atoms with Crippen molar-refractivity contribution >= 4 is 11.8 Å². The highest BCUT2D eigenvalue weighted by Gasteiger charge is 2.28. The van der Waals surface area contributed by atoms with Gasteiger partial charge in [-0.1, -0.05) is 6.92 Å². The Balaban J connectivity index is 1.88. The third-order valence-corrected chi connectivity index (χ3v) is 4.20. The minimum atomic E-state index is -0.109. The molecule has 0 radical (unpaired) electrons. The fraction of sp³-hybridized carbons (Fsp3) is 0.562. The number of piperidine rings is 1. The van der Waals surface area contributed by atoms with Crippen molar-refractivity contribution < 1.29 is 9.59 Å². The Labute approximate surface area is 130 Å². The van der Waals surface area contributed by atoms with Crippen molar-refractivity contribution in [3.05, 3.63) is 23.5 Å². The van der Waals surface area contributed by atoms with Crippen molar-refractivity contribution in [3.8, 4) is 6.07 Å². The molecule has 1 atom stereocenters. The van der Waals surface area contributed by atoms with Gasteiger partial charge >= 0.3 is 0 Å². The fourth-order valence-corrected chi connectivity index (χ4v) is 2.56. The maximum Gasteiger partial charge on any atom is 0.270 e. The standard InChI is InChI=1S/C16H22N4O2/c1-3-11(2)19-15(21)13-4-6-20(7-5-13)16(22)14-8-12(9-17)10-18-14/h8,10-11,13,18H,3-7H2,1-2H3,(H,19,21)/t11-/m1/s1. The summed E-state index contributed by atoms with van der Waals surface area (Å²) in [7, 11) is 0. The first-order valence-electron chi connectivity index (χ1n) is 7.73. The summed E-state index contributed by atoms with van der Waals surface area (Å²) in [5, 5.41) is 11.8. The lowest BCUT2D eigenvalue weighted by atomic mass is 9.95. The first kappa shape index (κ1) is 16.1. The van der Waals surface area contributed by atoms with Crippen LogP contribution in [0.3, 0.4) is 0 Å². The summed E-state index contributed by atoms with van der Waals surface area (Å²) < 4.78 is 0. The van der Waals surface area contributed by atoms with Crippen molar-refractivity contribution in [2.75, 3.05) is 13.1 Å². The second-order valence-electron chi connectivity index (χ2n) is 5.80. The SMILES string of the molecule is CC[C@@H](C)NC(=O)C1CCN(C(=O)c2cc(C#N)c[nH]2)CC1. The molecular formula is C16H22N4O2. The summed E-state index contributed by atoms with van der Waals surface area (Å²) in [4.78, 5) is 29.0. The number of aromatic amines is 1. The number of hydrogen-bond acceptors (Lipinski definition) is 3. The van der Waals surface area contributed by atoms with E-state index in [1.807, 2.05) is 19.9 Å². The van der Waals surface area contributed by atoms with Gasteiger partial charge in [-0.2, -0.15) is 5.26 Å². The van der Waals surface area contributed by atoms with E-state index in [2.05, 4.69) is 10.3 Å². The molecule has 6 heteroatoms. The van der Waals surface area contributed by atoms with Crippen molar-refractivity contribution in [1.29, 1.82) is 5.26 Å². The molecule has 0 saturated carbocycles. The molecule has 6 nitrogen and oxygen atoms in total. The Morgan fingerprint density at radius 2 is 2.18 bits per heavy atom. The van der Waals surface area contributed by atoms with Crippen LogP contribution in [-0.2, 0) is 4.79 Å². The van der Waals surface area contributed by atoms with Crippen LogP contribution >= 0.6 is 0 Å². The van der Waals surface area contributed by atoms with Crippen LogP contribution in [0.4, 0.5) is 0 Å². The molecule has 118 valence electrons. The molecule has 1 saturated heterocycles. The number of hydrogen-bond donors (Lipinski definition) is 2. The molecule has 1 fully saturated rings. The van der Waals surface area contributed by atoms with Gasteiger partial charge in [-0.3, -0.25) is 9.59 Å². The van der Waals surface area contributed by atoms with Gasteiger partial charge in [0.25, 0.3) is 5.91 Å². The Morgan fingerprint density at radius 3 is 2.73 bits per heavy atom. The average molecular weight is 302 g/mol. The van der Waals surface area contributed by atoms with Gasteiger partial charge in [-0.15, -0.1) is 0 Å². The van der Waals surface area contributed by atoms with E-state index in [1.54, 1.807) is 11.0 Å². The zero-order valence-electron chi connectivity index (χ0n) is 13.1. The van der Waals surface area contributed by atoms with Gasteiger partial charge < -0.3 is 15.2 Å². The van der Waals surface area contributed by atoms with Crippen LogP contribution in [0.15, 0.2) is 12.3 Å². The van der Waals surface area contributed by atoms with Gasteiger partial charge in [0.2, 0.25) is 5.91 Å². The Bertz CT molecular complexity index is 579. The van der Waals surface area contributed by atoms with Crippen molar-refractivity contribution in [1.82, 2.24) is 15.2 Å². The highest BCUT2D eigenvalue weighted by atomic mass is 16.2. The minimum Gasteiger partial charge on any atom is -0.356 e. The van der Waals surface area contributed by atoms with E-state index in [9.17, 15) is 9.59 Å². The van der Waals surface area contributed by atoms with Crippen LogP contribution in [-0.4, -0.2) is 40.8 Å². The van der Waals surface area contributed by atoms with Crippen LogP contribution in [0.1, 0.15) is 49.2 Å². The third-order valence-electron chi connectivity index (χ3n) is 4.20. The molecule has 1 aliphatic heterocycles. The van der Waals surface area contributed by atoms with Gasteiger partial charge in [0, 0.05) is 31.2 Å². The van der Waals surface area contributed by atoms with Crippen LogP contribution in [0.2, 0.25) is 0 Å². The molecule has 0 spiro atoms. The highest BCUT2D eigenvalue weighted by Crippen LogP contribution is 2.19. The molecule has 2 amide bonds. The Hall–Kier alpha value is -2.29. The summed E-state index contributed by atoms with van der Waals surface area (Å²) in [6.45, 7) is 5.17. The molecule has 0 aliphatic carbocycles. The van der Waals surface area contributed by atoms with Gasteiger partial charge in [0.1, 0.15) is 11.8 Å². The monoisotopic (exact) mass is 302 g/mol. The molecule has 0 unspecified atom stereocenters. The van der Waals surface area contributed by atoms with Crippen molar-refractivity contribution in [3.63, 3.8) is 0 Å². The molecular weight excluding hydrogens is 280 g/mol. The quantitative estimate of drug-likeness (QED) is 0.886. The van der Waals surface area contributed by atoms with Crippen molar-refractivity contribution in [2.45, 2.75) is 39.2 Å². The number of aromatic nitrogens is 1. The summed E-state index contributed by atoms with van der Waals surface area (Å²) in [6.07, 6.45) is 3.80. The Morgan fingerprint density at radius 1 is 1.50 bits per heavy atom. The van der Waals surface area contributed by atoms with Crippen LogP contribution in [0.25, 0.3) is 0 Å². The van der Waals surface area contributed by atoms with E-state index in [0.29, 0.717) is 37.2 Å². The smallest absolute Gasteiger partial charge is 0.270 e. The number of nitrogens with zero attached hydrogens (tertiary/aromatic N) is 2. The molecule has 1 aromatic rings. The van der Waals surface area contributed by atoms with E-state index in [1.165, 1.54) is 6.20 Å². The Kier molecular flexibility index (Phi) is 5.21. The molecule has 1 aliphatic rings. The number of carbonyl (C=O) groups excluding carboxylic acids is 2.